The largest absolute Gasteiger partial charge is 0.493 e. The number of rotatable bonds is 19. The Kier molecular flexibility index (Phi) is 17.3. The Bertz CT molecular complexity index is 2360. The highest BCUT2D eigenvalue weighted by Gasteiger charge is 2.38. The van der Waals surface area contributed by atoms with Gasteiger partial charge in [0.1, 0.15) is 6.61 Å². The van der Waals surface area contributed by atoms with Gasteiger partial charge >= 0.3 is 18.1 Å². The zero-order valence-electron chi connectivity index (χ0n) is 34.5. The van der Waals surface area contributed by atoms with E-state index in [9.17, 15) is 32.7 Å². The molecular formula is C45H47F3N4O11. The molecule has 1 aromatic heterocycles. The van der Waals surface area contributed by atoms with Crippen molar-refractivity contribution in [3.8, 4) is 11.5 Å². The van der Waals surface area contributed by atoms with Crippen molar-refractivity contribution in [2.75, 3.05) is 77.6 Å². The Hall–Kier alpha value is -6.60. The molecule has 334 valence electrons. The van der Waals surface area contributed by atoms with Crippen LogP contribution in [0.2, 0.25) is 0 Å². The van der Waals surface area contributed by atoms with Crippen molar-refractivity contribution >= 4 is 46.0 Å². The number of carbonyl (C=O) groups excluding carboxylic acids is 2. The molecule has 18 heteroatoms. The predicted octanol–water partition coefficient (Wildman–Crippen LogP) is 6.74. The molecule has 15 nitrogen and oxygen atoms in total. The lowest BCUT2D eigenvalue weighted by Gasteiger charge is -2.29. The van der Waals surface area contributed by atoms with Gasteiger partial charge in [0, 0.05) is 55.1 Å². The quantitative estimate of drug-likeness (QED) is 0.0638. The van der Waals surface area contributed by atoms with Crippen LogP contribution in [0.5, 0.6) is 11.5 Å². The number of amides is 2. The van der Waals surface area contributed by atoms with Crippen LogP contribution in [0.3, 0.4) is 0 Å². The van der Waals surface area contributed by atoms with E-state index in [-0.39, 0.29) is 16.8 Å². The number of aliphatic carboxylic acids is 1. The number of anilines is 2. The van der Waals surface area contributed by atoms with Crippen LogP contribution in [-0.4, -0.2) is 117 Å². The van der Waals surface area contributed by atoms with Crippen LogP contribution < -0.4 is 20.1 Å². The topological polar surface area (TPSA) is 195 Å². The van der Waals surface area contributed by atoms with Crippen molar-refractivity contribution in [1.29, 1.82) is 0 Å². The van der Waals surface area contributed by atoms with Gasteiger partial charge in [-0.15, -0.1) is 0 Å². The van der Waals surface area contributed by atoms with Crippen LogP contribution in [0.15, 0.2) is 91.1 Å². The summed E-state index contributed by atoms with van der Waals surface area (Å²) in [5.74, 6) is -3.52. The van der Waals surface area contributed by atoms with Crippen LogP contribution in [0.25, 0.3) is 10.9 Å². The van der Waals surface area contributed by atoms with E-state index >= 15 is 0 Å². The summed E-state index contributed by atoms with van der Waals surface area (Å²) in [7, 11) is 3.29. The molecule has 1 aliphatic rings. The first-order chi connectivity index (χ1) is 30.2. The summed E-state index contributed by atoms with van der Waals surface area (Å²) in [6.45, 7) is 5.56. The van der Waals surface area contributed by atoms with Crippen LogP contribution in [-0.2, 0) is 38.4 Å². The number of fused-ring (bicyclic) bond motifs is 2. The Balaban J connectivity index is 0.000000985. The summed E-state index contributed by atoms with van der Waals surface area (Å²) < 4.78 is 59.3. The zero-order valence-corrected chi connectivity index (χ0v) is 34.5. The number of hydrogen-bond acceptors (Lipinski definition) is 11. The maximum Gasteiger partial charge on any atom is 0.490 e. The number of methoxy groups -OCH3 is 2. The third-order valence-corrected chi connectivity index (χ3v) is 9.66. The van der Waals surface area contributed by atoms with Gasteiger partial charge in [0.25, 0.3) is 11.8 Å². The number of nitrogens with one attached hydrogen (secondary N) is 2. The van der Waals surface area contributed by atoms with Gasteiger partial charge in [-0.05, 0) is 96.3 Å². The molecule has 0 radical (unpaired) electrons. The highest BCUT2D eigenvalue weighted by molar-refractivity contribution is 6.11. The van der Waals surface area contributed by atoms with Crippen LogP contribution in [0, 0.1) is 0 Å². The van der Waals surface area contributed by atoms with E-state index in [1.165, 1.54) is 29.3 Å². The number of carboxylic acid groups (broad SMARTS) is 2. The molecule has 2 heterocycles. The minimum absolute atomic E-state index is 0.0156. The zero-order chi connectivity index (χ0) is 45.4. The van der Waals surface area contributed by atoms with Crippen LogP contribution in [0.1, 0.15) is 47.8 Å². The summed E-state index contributed by atoms with van der Waals surface area (Å²) in [6.07, 6.45) is -1.69. The van der Waals surface area contributed by atoms with E-state index in [0.29, 0.717) is 62.4 Å². The Morgan fingerprint density at radius 3 is 2.10 bits per heavy atom. The lowest BCUT2D eigenvalue weighted by Crippen LogP contribution is -2.32. The molecule has 0 saturated carbocycles. The van der Waals surface area contributed by atoms with Crippen LogP contribution >= 0.6 is 0 Å². The van der Waals surface area contributed by atoms with E-state index in [1.54, 1.807) is 44.7 Å². The van der Waals surface area contributed by atoms with Gasteiger partial charge in [0.15, 0.2) is 11.5 Å². The first kappa shape index (κ1) is 47.4. The second-order valence-corrected chi connectivity index (χ2v) is 14.0. The van der Waals surface area contributed by atoms with Crippen molar-refractivity contribution in [3.05, 3.63) is 125 Å². The standard InChI is InChI=1S/C43H46N4O9.C2HF3O2/c1-52-18-19-54-20-21-55-22-23-56-40-26-30-14-17-47(28-34(30)27-39(40)53-2)16-13-29-5-9-35(10-6-29)45-41(48)33-7-11-36(43(50)51)38(25-33)46-42(49)32-8-12-37-31(24-32)4-3-15-44-37;3-2(4,5)1(6)7/h3-12,15,24-27H,13-14,16-23,28H2,1-2H3,(H,45,48)(H,46,49)(H,50,51);(H,6,7). The van der Waals surface area contributed by atoms with E-state index in [2.05, 4.69) is 32.7 Å². The SMILES string of the molecule is COCCOCCOCCOc1cc2c(cc1OC)CN(CCc1ccc(NC(=O)c3ccc(C(=O)O)c(NC(=O)c4ccc5ncccc5c4)c3)cc1)CC2.O=C(O)C(F)(F)F. The first-order valence-electron chi connectivity index (χ1n) is 19.7. The summed E-state index contributed by atoms with van der Waals surface area (Å²) >= 11 is 0. The molecule has 0 unspecified atom stereocenters. The van der Waals surface area contributed by atoms with Gasteiger partial charge in [-0.1, -0.05) is 18.2 Å². The third kappa shape index (κ3) is 14.2. The summed E-state index contributed by atoms with van der Waals surface area (Å²) in [4.78, 5) is 53.9. The lowest BCUT2D eigenvalue weighted by atomic mass is 9.98. The van der Waals surface area contributed by atoms with Crippen molar-refractivity contribution in [2.45, 2.75) is 25.6 Å². The van der Waals surface area contributed by atoms with Gasteiger partial charge in [0.2, 0.25) is 0 Å². The van der Waals surface area contributed by atoms with Crippen molar-refractivity contribution in [1.82, 2.24) is 9.88 Å². The highest BCUT2D eigenvalue weighted by Crippen LogP contribution is 2.34. The van der Waals surface area contributed by atoms with Gasteiger partial charge in [-0.2, -0.15) is 13.2 Å². The molecule has 0 spiro atoms. The molecule has 63 heavy (non-hydrogen) atoms. The number of aromatic nitrogens is 1. The number of carboxylic acids is 2. The van der Waals surface area contributed by atoms with Crippen molar-refractivity contribution < 1.29 is 66.2 Å². The number of alkyl halides is 3. The average molecular weight is 877 g/mol. The third-order valence-electron chi connectivity index (χ3n) is 9.66. The molecule has 6 rings (SSSR count). The fourth-order valence-corrected chi connectivity index (χ4v) is 6.39. The second kappa shape index (κ2) is 23.0. The normalized spacial score (nSPS) is 12.4. The molecule has 0 aliphatic carbocycles. The fourth-order valence-electron chi connectivity index (χ4n) is 6.39. The number of halogens is 3. The molecule has 4 N–H and O–H groups in total. The molecule has 4 aromatic carbocycles. The average Bonchev–Trinajstić information content (AvgIpc) is 3.27. The first-order valence-corrected chi connectivity index (χ1v) is 19.7. The van der Waals surface area contributed by atoms with Gasteiger partial charge in [-0.25, -0.2) is 9.59 Å². The monoisotopic (exact) mass is 876 g/mol. The van der Waals surface area contributed by atoms with Gasteiger partial charge < -0.3 is 44.5 Å². The van der Waals surface area contributed by atoms with Crippen molar-refractivity contribution in [3.63, 3.8) is 0 Å². The summed E-state index contributed by atoms with van der Waals surface area (Å²) in [5.41, 5.74) is 5.32. The molecule has 0 fully saturated rings. The number of ether oxygens (including phenoxy) is 5. The van der Waals surface area contributed by atoms with E-state index in [0.717, 1.165) is 48.9 Å². The number of aromatic carboxylic acids is 1. The predicted molar refractivity (Wildman–Crippen MR) is 226 cm³/mol. The maximum atomic E-state index is 13.2. The molecule has 0 saturated heterocycles. The van der Waals surface area contributed by atoms with E-state index in [1.807, 2.05) is 30.3 Å². The second-order valence-electron chi connectivity index (χ2n) is 14.0. The number of carbonyl (C=O) groups is 4. The van der Waals surface area contributed by atoms with E-state index in [4.69, 9.17) is 33.6 Å². The minimum atomic E-state index is -5.08. The van der Waals surface area contributed by atoms with Crippen LogP contribution in [0.4, 0.5) is 24.5 Å². The minimum Gasteiger partial charge on any atom is -0.493 e. The summed E-state index contributed by atoms with van der Waals surface area (Å²) in [6, 6.07) is 24.5. The Morgan fingerprint density at radius 2 is 1.41 bits per heavy atom. The Labute approximate surface area is 360 Å². The smallest absolute Gasteiger partial charge is 0.490 e. The fraction of sp³-hybridized carbons (Fsp3) is 0.311. The molecule has 2 amide bonds. The molecule has 1 aliphatic heterocycles. The van der Waals surface area contributed by atoms with Gasteiger partial charge in [-0.3, -0.25) is 19.5 Å². The number of nitrogens with zero attached hydrogens (tertiary/aromatic N) is 2. The molecular weight excluding hydrogens is 830 g/mol. The molecule has 0 atom stereocenters. The lowest BCUT2D eigenvalue weighted by molar-refractivity contribution is -0.192. The van der Waals surface area contributed by atoms with E-state index < -0.39 is 29.9 Å². The van der Waals surface area contributed by atoms with Crippen molar-refractivity contribution in [2.24, 2.45) is 0 Å². The molecule has 5 aromatic rings. The molecule has 0 bridgehead atoms. The maximum absolute atomic E-state index is 13.2. The number of benzene rings is 4. The highest BCUT2D eigenvalue weighted by atomic mass is 19.4. The Morgan fingerprint density at radius 1 is 0.762 bits per heavy atom. The van der Waals surface area contributed by atoms with Gasteiger partial charge in [0.05, 0.1) is 56.9 Å². The number of pyridine rings is 1. The summed E-state index contributed by atoms with van der Waals surface area (Å²) in [5, 5.41) is 23.2. The number of hydrogen-bond donors (Lipinski definition) is 4.